The Morgan fingerprint density at radius 3 is 2.58 bits per heavy atom. The minimum absolute atomic E-state index is 0.00564. The molecule has 1 heterocycles. The molecule has 1 aliphatic heterocycles. The number of hydrogen-bond acceptors (Lipinski definition) is 4. The molecule has 7 nitrogen and oxygen atoms in total. The number of nitrogens with one attached hydrogen (secondary N) is 2. The van der Waals surface area contributed by atoms with Crippen molar-refractivity contribution in [1.29, 1.82) is 0 Å². The summed E-state index contributed by atoms with van der Waals surface area (Å²) in [7, 11) is -3.14. The molecule has 0 aliphatic carbocycles. The maximum Gasteiger partial charge on any atom is 0.211 e. The van der Waals surface area contributed by atoms with E-state index in [0.717, 1.165) is 0 Å². The lowest BCUT2D eigenvalue weighted by molar-refractivity contribution is 0.322. The molecule has 1 rings (SSSR count). The molecule has 4 N–H and O–H groups in total. The first kappa shape index (κ1) is 20.4. The number of piperidine rings is 1. The first-order valence-electron chi connectivity index (χ1n) is 7.93. The van der Waals surface area contributed by atoms with Gasteiger partial charge >= 0.3 is 0 Å². The van der Waals surface area contributed by atoms with Crippen molar-refractivity contribution < 1.29 is 12.8 Å². The lowest BCUT2D eigenvalue weighted by atomic mass is 10.1. The van der Waals surface area contributed by atoms with Crippen LogP contribution in [-0.2, 0) is 10.0 Å². The summed E-state index contributed by atoms with van der Waals surface area (Å²) in [6, 6.07) is -0.0580. The van der Waals surface area contributed by atoms with Crippen LogP contribution in [0.3, 0.4) is 0 Å². The van der Waals surface area contributed by atoms with Crippen LogP contribution in [0.5, 0.6) is 0 Å². The SMILES string of the molecule is C=C(NC[C@@H](C)NC(N)=NC1CCN(S(C)(=O)=O)CC1)/C(F)=C\C. The number of halogens is 1. The van der Waals surface area contributed by atoms with Gasteiger partial charge in [0.1, 0.15) is 5.83 Å². The average molecular weight is 361 g/mol. The van der Waals surface area contributed by atoms with E-state index in [-0.39, 0.29) is 23.6 Å². The van der Waals surface area contributed by atoms with E-state index in [0.29, 0.717) is 38.4 Å². The minimum Gasteiger partial charge on any atom is -0.381 e. The zero-order valence-corrected chi connectivity index (χ0v) is 15.4. The first-order chi connectivity index (χ1) is 11.1. The number of sulfonamides is 1. The molecular weight excluding hydrogens is 333 g/mol. The Morgan fingerprint density at radius 1 is 1.50 bits per heavy atom. The third kappa shape index (κ3) is 6.88. The Hall–Kier alpha value is -1.61. The van der Waals surface area contributed by atoms with Crippen molar-refractivity contribution in [2.75, 3.05) is 25.9 Å². The molecular formula is C15H28FN5O2S. The molecule has 0 amide bonds. The van der Waals surface area contributed by atoms with E-state index in [2.05, 4.69) is 22.2 Å². The molecule has 0 bridgehead atoms. The van der Waals surface area contributed by atoms with Crippen LogP contribution in [0.15, 0.2) is 29.2 Å². The predicted octanol–water partition coefficient (Wildman–Crippen LogP) is 0.680. The predicted molar refractivity (Wildman–Crippen MR) is 95.7 cm³/mol. The first-order valence-corrected chi connectivity index (χ1v) is 9.78. The highest BCUT2D eigenvalue weighted by molar-refractivity contribution is 7.88. The Morgan fingerprint density at radius 2 is 2.08 bits per heavy atom. The second-order valence-corrected chi connectivity index (χ2v) is 7.93. The molecule has 138 valence electrons. The maximum atomic E-state index is 13.2. The van der Waals surface area contributed by atoms with Gasteiger partial charge in [0.05, 0.1) is 18.0 Å². The molecule has 1 aliphatic rings. The summed E-state index contributed by atoms with van der Waals surface area (Å²) in [5.74, 6) is -0.0827. The van der Waals surface area contributed by atoms with Gasteiger partial charge in [0, 0.05) is 25.7 Å². The normalized spacial score (nSPS) is 19.8. The summed E-state index contributed by atoms with van der Waals surface area (Å²) in [5.41, 5.74) is 6.12. The second-order valence-electron chi connectivity index (χ2n) is 5.95. The van der Waals surface area contributed by atoms with Gasteiger partial charge in [0.15, 0.2) is 5.96 Å². The average Bonchev–Trinajstić information content (AvgIpc) is 2.51. The van der Waals surface area contributed by atoms with Crippen molar-refractivity contribution in [1.82, 2.24) is 14.9 Å². The lowest BCUT2D eigenvalue weighted by Gasteiger charge is -2.28. The fourth-order valence-electron chi connectivity index (χ4n) is 2.38. The van der Waals surface area contributed by atoms with Gasteiger partial charge in [-0.25, -0.2) is 17.1 Å². The fraction of sp³-hybridized carbons (Fsp3) is 0.667. The Labute approximate surface area is 143 Å². The standard InChI is InChI=1S/C15H28FN5O2S/c1-5-14(16)12(3)18-10-11(2)19-15(17)20-13-6-8-21(9-7-13)24(4,22)23/h5,11,13,18H,3,6-10H2,1-2,4H3,(H3,17,19,20)/b14-5+/t11-/m1/s1. The Balaban J connectivity index is 2.41. The summed E-state index contributed by atoms with van der Waals surface area (Å²) in [6.45, 7) is 8.46. The molecule has 0 radical (unpaired) electrons. The zero-order valence-electron chi connectivity index (χ0n) is 14.5. The van der Waals surface area contributed by atoms with Gasteiger partial charge in [0.2, 0.25) is 10.0 Å². The second kappa shape index (κ2) is 9.03. The van der Waals surface area contributed by atoms with E-state index in [4.69, 9.17) is 5.73 Å². The van der Waals surface area contributed by atoms with Crippen LogP contribution in [0.25, 0.3) is 0 Å². The summed E-state index contributed by atoms with van der Waals surface area (Å²) < 4.78 is 37.6. The minimum atomic E-state index is -3.14. The van der Waals surface area contributed by atoms with E-state index in [1.165, 1.54) is 16.6 Å². The third-order valence-electron chi connectivity index (χ3n) is 3.77. The maximum absolute atomic E-state index is 13.2. The van der Waals surface area contributed by atoms with Crippen molar-refractivity contribution in [3.05, 3.63) is 24.2 Å². The largest absolute Gasteiger partial charge is 0.381 e. The summed E-state index contributed by atoms with van der Waals surface area (Å²) in [6.07, 6.45) is 3.84. The van der Waals surface area contributed by atoms with E-state index in [9.17, 15) is 12.8 Å². The molecule has 9 heteroatoms. The summed E-state index contributed by atoms with van der Waals surface area (Å²) in [5, 5.41) is 5.91. The van der Waals surface area contributed by atoms with Crippen LogP contribution < -0.4 is 16.4 Å². The van der Waals surface area contributed by atoms with Crippen molar-refractivity contribution in [2.24, 2.45) is 10.7 Å². The van der Waals surface area contributed by atoms with E-state index < -0.39 is 10.0 Å². The summed E-state index contributed by atoms with van der Waals surface area (Å²) in [4.78, 5) is 4.40. The highest BCUT2D eigenvalue weighted by Gasteiger charge is 2.24. The molecule has 1 atom stereocenters. The van der Waals surface area contributed by atoms with Crippen molar-refractivity contribution in [3.8, 4) is 0 Å². The van der Waals surface area contributed by atoms with Crippen LogP contribution in [0.4, 0.5) is 4.39 Å². The van der Waals surface area contributed by atoms with Gasteiger partial charge in [-0.1, -0.05) is 6.58 Å². The monoisotopic (exact) mass is 361 g/mol. The van der Waals surface area contributed by atoms with E-state index in [1.54, 1.807) is 6.92 Å². The van der Waals surface area contributed by atoms with Gasteiger partial charge in [-0.15, -0.1) is 0 Å². The molecule has 0 aromatic carbocycles. The van der Waals surface area contributed by atoms with Gasteiger partial charge < -0.3 is 16.4 Å². The smallest absolute Gasteiger partial charge is 0.211 e. The van der Waals surface area contributed by atoms with Crippen LogP contribution in [0.1, 0.15) is 26.7 Å². The van der Waals surface area contributed by atoms with Crippen LogP contribution in [0.2, 0.25) is 0 Å². The molecule has 0 aromatic rings. The number of hydrogen-bond donors (Lipinski definition) is 3. The Kier molecular flexibility index (Phi) is 7.68. The highest BCUT2D eigenvalue weighted by atomic mass is 32.2. The Bertz CT molecular complexity index is 595. The van der Waals surface area contributed by atoms with Crippen LogP contribution in [0, 0.1) is 0 Å². The quantitative estimate of drug-likeness (QED) is 0.352. The number of nitrogens with zero attached hydrogens (tertiary/aromatic N) is 2. The number of guanidine groups is 1. The van der Waals surface area contributed by atoms with Gasteiger partial charge in [-0.05, 0) is 32.8 Å². The topological polar surface area (TPSA) is 99.8 Å². The fourth-order valence-corrected chi connectivity index (χ4v) is 3.25. The zero-order chi connectivity index (χ0) is 18.3. The molecule has 1 fully saturated rings. The highest BCUT2D eigenvalue weighted by Crippen LogP contribution is 2.15. The third-order valence-corrected chi connectivity index (χ3v) is 5.07. The van der Waals surface area contributed by atoms with Gasteiger partial charge in [0.25, 0.3) is 0 Å². The molecule has 0 spiro atoms. The van der Waals surface area contributed by atoms with Crippen LogP contribution >= 0.6 is 0 Å². The number of allylic oxidation sites excluding steroid dienone is 2. The molecule has 0 unspecified atom stereocenters. The van der Waals surface area contributed by atoms with E-state index in [1.807, 2.05) is 6.92 Å². The number of rotatable bonds is 7. The number of nitrogens with two attached hydrogens (primary N) is 1. The molecule has 1 saturated heterocycles. The molecule has 24 heavy (non-hydrogen) atoms. The van der Waals surface area contributed by atoms with Crippen LogP contribution in [-0.4, -0.2) is 56.7 Å². The molecule has 0 saturated carbocycles. The van der Waals surface area contributed by atoms with E-state index >= 15 is 0 Å². The van der Waals surface area contributed by atoms with Crippen molar-refractivity contribution >= 4 is 16.0 Å². The van der Waals surface area contributed by atoms with Gasteiger partial charge in [-0.2, -0.15) is 0 Å². The van der Waals surface area contributed by atoms with Crippen molar-refractivity contribution in [3.63, 3.8) is 0 Å². The summed E-state index contributed by atoms with van der Waals surface area (Å²) >= 11 is 0. The number of aliphatic imine (C=N–C) groups is 1. The molecule has 0 aromatic heterocycles. The van der Waals surface area contributed by atoms with Gasteiger partial charge in [-0.3, -0.25) is 4.99 Å². The van der Waals surface area contributed by atoms with Crippen molar-refractivity contribution in [2.45, 2.75) is 38.8 Å². The lowest BCUT2D eigenvalue weighted by Crippen LogP contribution is -2.45.